The number of hydrogen-bond acceptors (Lipinski definition) is 7. The van der Waals surface area contributed by atoms with Crippen molar-refractivity contribution in [2.75, 3.05) is 6.26 Å². The normalized spacial score (nSPS) is 12.9. The predicted octanol–water partition coefficient (Wildman–Crippen LogP) is 3.76. The number of carboxylic acids is 1. The fraction of sp³-hybridized carbons (Fsp3) is 0.182. The van der Waals surface area contributed by atoms with E-state index in [1.165, 1.54) is 23.1 Å². The minimum atomic E-state index is -1.15. The molecule has 0 bridgehead atoms. The first-order valence-electron chi connectivity index (χ1n) is 9.12. The maximum Gasteiger partial charge on any atom is 0.320 e. The van der Waals surface area contributed by atoms with Crippen molar-refractivity contribution in [3.8, 4) is 11.1 Å². The van der Waals surface area contributed by atoms with Crippen LogP contribution >= 0.6 is 23.1 Å². The molecule has 0 aliphatic heterocycles. The maximum atomic E-state index is 13.4. The van der Waals surface area contributed by atoms with Crippen molar-refractivity contribution in [1.82, 2.24) is 4.98 Å². The molecule has 1 heterocycles. The van der Waals surface area contributed by atoms with E-state index in [0.717, 1.165) is 5.56 Å². The Morgan fingerprint density at radius 2 is 1.80 bits per heavy atom. The molecule has 154 valence electrons. The fourth-order valence-corrected chi connectivity index (χ4v) is 4.46. The molecular formula is C22H20N2O4S2. The van der Waals surface area contributed by atoms with Crippen LogP contribution in [0.25, 0.3) is 11.1 Å². The van der Waals surface area contributed by atoms with Gasteiger partial charge in [0.2, 0.25) is 5.78 Å². The van der Waals surface area contributed by atoms with Crippen molar-refractivity contribution in [2.24, 2.45) is 5.73 Å². The highest BCUT2D eigenvalue weighted by molar-refractivity contribution is 8.00. The number of thiazole rings is 1. The van der Waals surface area contributed by atoms with Gasteiger partial charge in [-0.15, -0.1) is 11.3 Å². The van der Waals surface area contributed by atoms with Gasteiger partial charge in [0.15, 0.2) is 10.8 Å². The van der Waals surface area contributed by atoms with Gasteiger partial charge in [-0.25, -0.2) is 4.98 Å². The summed E-state index contributed by atoms with van der Waals surface area (Å²) < 4.78 is 0. The molecule has 0 spiro atoms. The third-order valence-corrected chi connectivity index (χ3v) is 6.37. The molecule has 0 saturated heterocycles. The largest absolute Gasteiger partial charge is 0.480 e. The predicted molar refractivity (Wildman–Crippen MR) is 119 cm³/mol. The number of carbonyl (C=O) groups is 3. The van der Waals surface area contributed by atoms with Gasteiger partial charge in [0.25, 0.3) is 0 Å². The van der Waals surface area contributed by atoms with Gasteiger partial charge >= 0.3 is 5.97 Å². The van der Waals surface area contributed by atoms with Crippen molar-refractivity contribution in [1.29, 1.82) is 0 Å². The number of rotatable bonds is 9. The van der Waals surface area contributed by atoms with Crippen LogP contribution in [-0.4, -0.2) is 45.2 Å². The molecule has 3 rings (SSSR count). The lowest BCUT2D eigenvalue weighted by Crippen LogP contribution is -2.35. The number of aromatic nitrogens is 1. The second-order valence-electron chi connectivity index (χ2n) is 6.53. The van der Waals surface area contributed by atoms with Crippen molar-refractivity contribution < 1.29 is 19.5 Å². The molecule has 0 aliphatic rings. The molecule has 1 aromatic heterocycles. The quantitative estimate of drug-likeness (QED) is 0.488. The highest BCUT2D eigenvalue weighted by Crippen LogP contribution is 2.32. The van der Waals surface area contributed by atoms with Crippen LogP contribution in [0.15, 0.2) is 60.1 Å². The third-order valence-electron chi connectivity index (χ3n) is 4.63. The van der Waals surface area contributed by atoms with Gasteiger partial charge in [0.05, 0.1) is 5.25 Å². The van der Waals surface area contributed by atoms with Crippen LogP contribution < -0.4 is 5.73 Å². The van der Waals surface area contributed by atoms with Gasteiger partial charge in [-0.3, -0.25) is 14.4 Å². The third kappa shape index (κ3) is 4.67. The molecule has 1 unspecified atom stereocenters. The highest BCUT2D eigenvalue weighted by Gasteiger charge is 2.29. The zero-order chi connectivity index (χ0) is 21.7. The number of thioether (sulfide) groups is 1. The van der Waals surface area contributed by atoms with E-state index in [2.05, 4.69) is 4.98 Å². The minimum absolute atomic E-state index is 0.00574. The van der Waals surface area contributed by atoms with E-state index in [1.54, 1.807) is 36.0 Å². The standard InChI is InChI=1S/C22H20N2O4S2/c1-29-17(12-16(23)22(27)28)19(25)14-8-5-9-15(20(26)21-24-10-11-30-21)18(14)13-6-3-2-4-7-13/h2-11,16-17H,12,23H2,1H3,(H,27,28)/t16-,17?/m0/s1. The lowest BCUT2D eigenvalue weighted by Gasteiger charge is -2.19. The molecule has 8 heteroatoms. The Morgan fingerprint density at radius 3 is 2.40 bits per heavy atom. The van der Waals surface area contributed by atoms with Crippen LogP contribution in [0, 0.1) is 0 Å². The summed E-state index contributed by atoms with van der Waals surface area (Å²) in [6, 6.07) is 13.1. The minimum Gasteiger partial charge on any atom is -0.480 e. The zero-order valence-electron chi connectivity index (χ0n) is 16.1. The van der Waals surface area contributed by atoms with Gasteiger partial charge in [-0.05, 0) is 18.2 Å². The van der Waals surface area contributed by atoms with E-state index in [9.17, 15) is 14.4 Å². The van der Waals surface area contributed by atoms with E-state index >= 15 is 0 Å². The van der Waals surface area contributed by atoms with Crippen molar-refractivity contribution >= 4 is 40.6 Å². The van der Waals surface area contributed by atoms with Crippen LogP contribution in [-0.2, 0) is 4.79 Å². The van der Waals surface area contributed by atoms with Crippen LogP contribution in [0.3, 0.4) is 0 Å². The molecule has 2 aromatic carbocycles. The van der Waals surface area contributed by atoms with E-state index in [0.29, 0.717) is 21.7 Å². The molecule has 0 aliphatic carbocycles. The molecule has 0 saturated carbocycles. The molecule has 0 radical (unpaired) electrons. The summed E-state index contributed by atoms with van der Waals surface area (Å²) in [6.07, 6.45) is 3.30. The zero-order valence-corrected chi connectivity index (χ0v) is 17.8. The van der Waals surface area contributed by atoms with E-state index in [1.807, 2.05) is 30.3 Å². The van der Waals surface area contributed by atoms with Crippen LogP contribution in [0.5, 0.6) is 0 Å². The molecule has 30 heavy (non-hydrogen) atoms. The number of benzene rings is 2. The van der Waals surface area contributed by atoms with E-state index < -0.39 is 17.3 Å². The second-order valence-corrected chi connectivity index (χ2v) is 8.46. The summed E-state index contributed by atoms with van der Waals surface area (Å²) >= 11 is 2.48. The van der Waals surface area contributed by atoms with E-state index in [4.69, 9.17) is 10.8 Å². The van der Waals surface area contributed by atoms with Crippen LogP contribution in [0.1, 0.15) is 32.1 Å². The van der Waals surface area contributed by atoms with Gasteiger partial charge in [-0.2, -0.15) is 11.8 Å². The first-order valence-corrected chi connectivity index (χ1v) is 11.3. The number of carboxylic acid groups (broad SMARTS) is 1. The number of nitrogens with zero attached hydrogens (tertiary/aromatic N) is 1. The van der Waals surface area contributed by atoms with Crippen molar-refractivity contribution in [3.63, 3.8) is 0 Å². The summed E-state index contributed by atoms with van der Waals surface area (Å²) in [7, 11) is 0. The Morgan fingerprint density at radius 1 is 1.10 bits per heavy atom. The Balaban J connectivity index is 2.12. The Hall–Kier alpha value is -2.81. The van der Waals surface area contributed by atoms with Gasteiger partial charge in [0.1, 0.15) is 6.04 Å². The number of nitrogens with two attached hydrogens (primary N) is 1. The Bertz CT molecular complexity index is 1050. The summed E-state index contributed by atoms with van der Waals surface area (Å²) in [5, 5.41) is 10.6. The molecule has 3 aromatic rings. The Labute approximate surface area is 182 Å². The number of carbonyl (C=O) groups excluding carboxylic acids is 2. The van der Waals surface area contributed by atoms with Crippen LogP contribution in [0.2, 0.25) is 0 Å². The SMILES string of the molecule is CSC(C[C@H](N)C(=O)O)C(=O)c1cccc(C(=O)c2nccs2)c1-c1ccccc1. The van der Waals surface area contributed by atoms with Gasteiger partial charge in [0, 0.05) is 28.3 Å². The van der Waals surface area contributed by atoms with Crippen LogP contribution in [0.4, 0.5) is 0 Å². The molecule has 0 fully saturated rings. The number of Topliss-reactive ketones (excluding diaryl/α,β-unsaturated/α-hetero) is 1. The van der Waals surface area contributed by atoms with Gasteiger partial charge in [-0.1, -0.05) is 48.5 Å². The number of hydrogen-bond donors (Lipinski definition) is 2. The topological polar surface area (TPSA) is 110 Å². The first-order chi connectivity index (χ1) is 14.4. The number of aliphatic carboxylic acids is 1. The lowest BCUT2D eigenvalue weighted by molar-refractivity contribution is -0.138. The molecule has 0 amide bonds. The van der Waals surface area contributed by atoms with Crippen molar-refractivity contribution in [3.05, 3.63) is 76.2 Å². The maximum absolute atomic E-state index is 13.4. The molecule has 2 atom stereocenters. The Kier molecular flexibility index (Phi) is 7.15. The van der Waals surface area contributed by atoms with E-state index in [-0.39, 0.29) is 18.0 Å². The highest BCUT2D eigenvalue weighted by atomic mass is 32.2. The first kappa shape index (κ1) is 21.9. The van der Waals surface area contributed by atoms with Gasteiger partial charge < -0.3 is 10.8 Å². The smallest absolute Gasteiger partial charge is 0.320 e. The molecular weight excluding hydrogens is 420 g/mol. The number of ketones is 2. The summed E-state index contributed by atoms with van der Waals surface area (Å²) in [5.74, 6) is -1.67. The molecule has 3 N–H and O–H groups in total. The molecule has 6 nitrogen and oxygen atoms in total. The average Bonchev–Trinajstić information content (AvgIpc) is 3.31. The van der Waals surface area contributed by atoms with Crippen molar-refractivity contribution in [2.45, 2.75) is 17.7 Å². The second kappa shape index (κ2) is 9.80. The lowest BCUT2D eigenvalue weighted by atomic mass is 9.89. The summed E-state index contributed by atoms with van der Waals surface area (Å²) in [4.78, 5) is 41.8. The monoisotopic (exact) mass is 440 g/mol. The summed E-state index contributed by atoms with van der Waals surface area (Å²) in [5.41, 5.74) is 7.66. The fourth-order valence-electron chi connectivity index (χ4n) is 3.13. The average molecular weight is 441 g/mol. The summed E-state index contributed by atoms with van der Waals surface area (Å²) in [6.45, 7) is 0.